The lowest BCUT2D eigenvalue weighted by molar-refractivity contribution is -0.140. The number of hydrogen-bond acceptors (Lipinski definition) is 8. The third kappa shape index (κ3) is 3.49. The highest BCUT2D eigenvalue weighted by molar-refractivity contribution is 6.03. The van der Waals surface area contributed by atoms with Gasteiger partial charge in [-0.15, -0.1) is 10.2 Å². The molecule has 0 N–H and O–H groups in total. The van der Waals surface area contributed by atoms with E-state index in [2.05, 4.69) is 14.8 Å². The van der Waals surface area contributed by atoms with Crippen LogP contribution in [0.5, 0.6) is 0 Å². The van der Waals surface area contributed by atoms with Crippen LogP contribution in [0, 0.1) is 0 Å². The Kier molecular flexibility index (Phi) is 5.30. The van der Waals surface area contributed by atoms with E-state index in [1.165, 1.54) is 14.2 Å². The first-order chi connectivity index (χ1) is 14.1. The van der Waals surface area contributed by atoms with Crippen molar-refractivity contribution >= 4 is 17.6 Å². The average Bonchev–Trinajstić information content (AvgIpc) is 3.22. The van der Waals surface area contributed by atoms with Gasteiger partial charge < -0.3 is 23.7 Å². The number of ether oxygens (including phenoxy) is 3. The third-order valence-electron chi connectivity index (χ3n) is 5.13. The number of fused-ring (bicyclic) bond motifs is 1. The van der Waals surface area contributed by atoms with E-state index in [0.717, 1.165) is 43.0 Å². The topological polar surface area (TPSA) is 95.8 Å². The molecule has 0 saturated heterocycles. The molecule has 29 heavy (non-hydrogen) atoms. The molecule has 0 unspecified atom stereocenters. The molecule has 1 aromatic carbocycles. The Hall–Kier alpha value is -3.20. The van der Waals surface area contributed by atoms with Crippen LogP contribution in [0.15, 0.2) is 35.5 Å². The molecule has 0 fully saturated rings. The van der Waals surface area contributed by atoms with E-state index >= 15 is 0 Å². The maximum absolute atomic E-state index is 12.4. The molecule has 0 saturated carbocycles. The van der Waals surface area contributed by atoms with Crippen LogP contribution in [0.25, 0.3) is 11.4 Å². The molecule has 2 aromatic rings. The monoisotopic (exact) mass is 398 g/mol. The molecule has 0 spiro atoms. The minimum absolute atomic E-state index is 0.0163. The van der Waals surface area contributed by atoms with E-state index in [9.17, 15) is 9.59 Å². The van der Waals surface area contributed by atoms with Crippen LogP contribution in [0.2, 0.25) is 0 Å². The van der Waals surface area contributed by atoms with Gasteiger partial charge in [-0.05, 0) is 37.1 Å². The molecular formula is C20H22N4O5. The normalized spacial score (nSPS) is 16.4. The quantitative estimate of drug-likeness (QED) is 0.718. The summed E-state index contributed by atoms with van der Waals surface area (Å²) in [4.78, 5) is 26.1. The van der Waals surface area contributed by atoms with Gasteiger partial charge in [0.2, 0.25) is 0 Å². The van der Waals surface area contributed by atoms with Crippen LogP contribution in [0.1, 0.15) is 18.7 Å². The summed E-state index contributed by atoms with van der Waals surface area (Å²) in [7, 11) is 2.53. The number of nitrogens with zero attached hydrogens (tertiary/aromatic N) is 4. The Labute approximate surface area is 167 Å². The van der Waals surface area contributed by atoms with E-state index in [-0.39, 0.29) is 24.6 Å². The largest absolute Gasteiger partial charge is 0.466 e. The molecule has 0 atom stereocenters. The first-order valence-corrected chi connectivity index (χ1v) is 9.41. The molecule has 152 valence electrons. The highest BCUT2D eigenvalue weighted by atomic mass is 16.5. The maximum atomic E-state index is 12.4. The fourth-order valence-electron chi connectivity index (χ4n) is 3.66. The predicted octanol–water partition coefficient (Wildman–Crippen LogP) is 1.68. The molecule has 0 bridgehead atoms. The van der Waals surface area contributed by atoms with Crippen LogP contribution < -0.4 is 4.90 Å². The smallest absolute Gasteiger partial charge is 0.355 e. The number of benzene rings is 1. The summed E-state index contributed by atoms with van der Waals surface area (Å²) in [6.45, 7) is 1.01. The fourth-order valence-corrected chi connectivity index (χ4v) is 3.66. The number of methoxy groups -OCH3 is 2. The van der Waals surface area contributed by atoms with E-state index in [4.69, 9.17) is 14.2 Å². The van der Waals surface area contributed by atoms with Crippen LogP contribution in [-0.4, -0.2) is 54.3 Å². The molecule has 4 rings (SSSR count). The average molecular weight is 398 g/mol. The fraction of sp³-hybridized carbons (Fsp3) is 0.400. The lowest BCUT2D eigenvalue weighted by Gasteiger charge is -2.31. The SMILES string of the molecule is COC(=O)C1=C(C(=O)OC)N(c2ccc(-c3nnc4n3CCCC4)cc2)COC1. The summed E-state index contributed by atoms with van der Waals surface area (Å²) in [5.74, 6) is 0.602. The van der Waals surface area contributed by atoms with Crippen molar-refractivity contribution in [1.82, 2.24) is 14.8 Å². The molecule has 1 aromatic heterocycles. The summed E-state index contributed by atoms with van der Waals surface area (Å²) in [6, 6.07) is 7.55. The van der Waals surface area contributed by atoms with Gasteiger partial charge in [0.25, 0.3) is 0 Å². The number of aromatic nitrogens is 3. The number of carbonyl (C=O) groups excluding carboxylic acids is 2. The van der Waals surface area contributed by atoms with E-state index in [1.54, 1.807) is 4.90 Å². The van der Waals surface area contributed by atoms with Gasteiger partial charge >= 0.3 is 11.9 Å². The molecule has 0 aliphatic carbocycles. The Morgan fingerprint density at radius 1 is 1.03 bits per heavy atom. The Morgan fingerprint density at radius 2 is 1.79 bits per heavy atom. The van der Waals surface area contributed by atoms with Crippen molar-refractivity contribution in [2.45, 2.75) is 25.8 Å². The minimum atomic E-state index is -0.623. The number of anilines is 1. The van der Waals surface area contributed by atoms with Crippen molar-refractivity contribution in [2.75, 3.05) is 32.5 Å². The number of esters is 2. The molecule has 0 amide bonds. The van der Waals surface area contributed by atoms with Gasteiger partial charge in [-0.25, -0.2) is 9.59 Å². The summed E-state index contributed by atoms with van der Waals surface area (Å²) in [5.41, 5.74) is 1.87. The van der Waals surface area contributed by atoms with Crippen LogP contribution >= 0.6 is 0 Å². The molecule has 2 aliphatic heterocycles. The zero-order valence-corrected chi connectivity index (χ0v) is 16.4. The standard InChI is InChI=1S/C20H22N4O5/c1-27-19(25)15-11-29-12-24(17(15)20(26)28-2)14-8-6-13(7-9-14)18-22-21-16-5-3-4-10-23(16)18/h6-9H,3-5,10-12H2,1-2H3. The second-order valence-corrected chi connectivity index (χ2v) is 6.81. The van der Waals surface area contributed by atoms with Gasteiger partial charge in [-0.3, -0.25) is 0 Å². The van der Waals surface area contributed by atoms with Gasteiger partial charge in [-0.1, -0.05) is 0 Å². The van der Waals surface area contributed by atoms with Gasteiger partial charge in [0, 0.05) is 24.2 Å². The molecule has 0 radical (unpaired) electrons. The second-order valence-electron chi connectivity index (χ2n) is 6.81. The number of hydrogen-bond donors (Lipinski definition) is 0. The van der Waals surface area contributed by atoms with Crippen LogP contribution in [0.3, 0.4) is 0 Å². The Bertz CT molecular complexity index is 964. The number of rotatable bonds is 4. The van der Waals surface area contributed by atoms with Crippen molar-refractivity contribution in [3.05, 3.63) is 41.4 Å². The van der Waals surface area contributed by atoms with Crippen LogP contribution in [-0.2, 0) is 36.8 Å². The van der Waals surface area contributed by atoms with E-state index < -0.39 is 11.9 Å². The summed E-state index contributed by atoms with van der Waals surface area (Å²) in [6.07, 6.45) is 3.20. The number of aryl methyl sites for hydroxylation is 1. The summed E-state index contributed by atoms with van der Waals surface area (Å²) < 4.78 is 17.3. The van der Waals surface area contributed by atoms with E-state index in [1.807, 2.05) is 24.3 Å². The maximum Gasteiger partial charge on any atom is 0.355 e. The van der Waals surface area contributed by atoms with Gasteiger partial charge in [-0.2, -0.15) is 0 Å². The van der Waals surface area contributed by atoms with Gasteiger partial charge in [0.15, 0.2) is 5.82 Å². The predicted molar refractivity (Wildman–Crippen MR) is 103 cm³/mol. The van der Waals surface area contributed by atoms with E-state index in [0.29, 0.717) is 5.69 Å². The van der Waals surface area contributed by atoms with Crippen molar-refractivity contribution in [1.29, 1.82) is 0 Å². The summed E-state index contributed by atoms with van der Waals surface area (Å²) in [5, 5.41) is 8.64. The molecule has 3 heterocycles. The lowest BCUT2D eigenvalue weighted by Crippen LogP contribution is -2.38. The summed E-state index contributed by atoms with van der Waals surface area (Å²) >= 11 is 0. The van der Waals surface area contributed by atoms with Crippen molar-refractivity contribution in [3.8, 4) is 11.4 Å². The molecule has 9 nitrogen and oxygen atoms in total. The Balaban J connectivity index is 1.68. The molecule has 9 heteroatoms. The molecule has 2 aliphatic rings. The zero-order valence-electron chi connectivity index (χ0n) is 16.4. The zero-order chi connectivity index (χ0) is 20.4. The Morgan fingerprint density at radius 3 is 2.52 bits per heavy atom. The third-order valence-corrected chi connectivity index (χ3v) is 5.13. The second kappa shape index (κ2) is 8.04. The van der Waals surface area contributed by atoms with Gasteiger partial charge in [0.1, 0.15) is 18.3 Å². The van der Waals surface area contributed by atoms with Crippen molar-refractivity contribution in [2.24, 2.45) is 0 Å². The minimum Gasteiger partial charge on any atom is -0.466 e. The lowest BCUT2D eigenvalue weighted by atomic mass is 10.1. The highest BCUT2D eigenvalue weighted by Crippen LogP contribution is 2.29. The van der Waals surface area contributed by atoms with Crippen molar-refractivity contribution in [3.63, 3.8) is 0 Å². The first kappa shape index (κ1) is 19.1. The van der Waals surface area contributed by atoms with Crippen molar-refractivity contribution < 1.29 is 23.8 Å². The van der Waals surface area contributed by atoms with Gasteiger partial charge in [0.05, 0.1) is 26.4 Å². The van der Waals surface area contributed by atoms with Crippen LogP contribution in [0.4, 0.5) is 5.69 Å². The number of carbonyl (C=O) groups is 2. The highest BCUT2D eigenvalue weighted by Gasteiger charge is 2.32. The first-order valence-electron chi connectivity index (χ1n) is 9.41. The molecular weight excluding hydrogens is 376 g/mol.